The number of fused-ring (bicyclic) bond motifs is 2. The Balaban J connectivity index is 1.57. The maximum Gasteiger partial charge on any atom is 0.255 e. The second-order valence-electron chi connectivity index (χ2n) is 8.01. The SMILES string of the molecule is COC[C@H](C)NC(=O)c1c[nH]c2ncc(-c3nn(Cc4cccnc4)c4cc(Cl)ccc34)nc12. The molecule has 10 heteroatoms. The summed E-state index contributed by atoms with van der Waals surface area (Å²) < 4.78 is 6.98. The molecule has 4 heterocycles. The smallest absolute Gasteiger partial charge is 0.255 e. The van der Waals surface area contributed by atoms with Gasteiger partial charge in [0.05, 0.1) is 30.4 Å². The van der Waals surface area contributed by atoms with Crippen LogP contribution in [-0.2, 0) is 11.3 Å². The lowest BCUT2D eigenvalue weighted by Crippen LogP contribution is -2.35. The molecular formula is C24H22ClN7O2. The fourth-order valence-corrected chi connectivity index (χ4v) is 4.06. The second-order valence-corrected chi connectivity index (χ2v) is 8.45. The Morgan fingerprint density at radius 3 is 2.97 bits per heavy atom. The Labute approximate surface area is 200 Å². The van der Waals surface area contributed by atoms with Gasteiger partial charge in [-0.15, -0.1) is 0 Å². The molecule has 0 fully saturated rings. The quantitative estimate of drug-likeness (QED) is 0.370. The number of nitrogens with one attached hydrogen (secondary N) is 2. The lowest BCUT2D eigenvalue weighted by Gasteiger charge is -2.11. The molecule has 0 aliphatic carbocycles. The summed E-state index contributed by atoms with van der Waals surface area (Å²) >= 11 is 6.29. The number of ether oxygens (including phenoxy) is 1. The summed E-state index contributed by atoms with van der Waals surface area (Å²) in [4.78, 5) is 29.3. The van der Waals surface area contributed by atoms with E-state index in [4.69, 9.17) is 26.4 Å². The zero-order valence-corrected chi connectivity index (χ0v) is 19.4. The fourth-order valence-electron chi connectivity index (χ4n) is 3.89. The van der Waals surface area contributed by atoms with Crippen LogP contribution in [0.2, 0.25) is 5.02 Å². The molecule has 34 heavy (non-hydrogen) atoms. The van der Waals surface area contributed by atoms with Gasteiger partial charge in [0.15, 0.2) is 5.65 Å². The van der Waals surface area contributed by atoms with Gasteiger partial charge in [0.25, 0.3) is 5.91 Å². The van der Waals surface area contributed by atoms with E-state index in [1.807, 2.05) is 41.9 Å². The molecule has 5 rings (SSSR count). The highest BCUT2D eigenvalue weighted by molar-refractivity contribution is 6.31. The van der Waals surface area contributed by atoms with Crippen molar-refractivity contribution < 1.29 is 9.53 Å². The Bertz CT molecular complexity index is 1480. The molecule has 0 unspecified atom stereocenters. The Hall–Kier alpha value is -3.82. The number of H-pyrrole nitrogens is 1. The van der Waals surface area contributed by atoms with Gasteiger partial charge in [0.1, 0.15) is 16.9 Å². The van der Waals surface area contributed by atoms with Gasteiger partial charge in [-0.3, -0.25) is 14.5 Å². The van der Waals surface area contributed by atoms with Crippen molar-refractivity contribution >= 4 is 39.6 Å². The minimum absolute atomic E-state index is 0.143. The number of aromatic nitrogens is 6. The number of carbonyl (C=O) groups is 1. The van der Waals surface area contributed by atoms with Gasteiger partial charge >= 0.3 is 0 Å². The molecule has 5 aromatic rings. The minimum atomic E-state index is -0.249. The van der Waals surface area contributed by atoms with E-state index < -0.39 is 0 Å². The van der Waals surface area contributed by atoms with Crippen LogP contribution in [0.25, 0.3) is 33.5 Å². The van der Waals surface area contributed by atoms with Crippen LogP contribution >= 0.6 is 11.6 Å². The molecular weight excluding hydrogens is 454 g/mol. The van der Waals surface area contributed by atoms with Gasteiger partial charge in [-0.25, -0.2) is 9.97 Å². The summed E-state index contributed by atoms with van der Waals surface area (Å²) in [6, 6.07) is 9.36. The zero-order valence-electron chi connectivity index (χ0n) is 18.6. The Morgan fingerprint density at radius 2 is 2.18 bits per heavy atom. The molecule has 0 saturated carbocycles. The number of amides is 1. The van der Waals surface area contributed by atoms with Gasteiger partial charge < -0.3 is 15.0 Å². The number of aromatic amines is 1. The van der Waals surface area contributed by atoms with E-state index in [0.29, 0.717) is 46.3 Å². The number of pyridine rings is 1. The monoisotopic (exact) mass is 475 g/mol. The van der Waals surface area contributed by atoms with E-state index in [-0.39, 0.29) is 11.9 Å². The minimum Gasteiger partial charge on any atom is -0.383 e. The number of methoxy groups -OCH3 is 1. The molecule has 0 radical (unpaired) electrons. The summed E-state index contributed by atoms with van der Waals surface area (Å²) in [6.07, 6.45) is 6.80. The molecule has 0 aliphatic heterocycles. The first-order valence-electron chi connectivity index (χ1n) is 10.7. The average molecular weight is 476 g/mol. The third-order valence-corrected chi connectivity index (χ3v) is 5.67. The first-order chi connectivity index (χ1) is 16.5. The molecule has 0 bridgehead atoms. The number of carbonyl (C=O) groups excluding carboxylic acids is 1. The molecule has 1 atom stereocenters. The molecule has 9 nitrogen and oxygen atoms in total. The normalized spacial score (nSPS) is 12.3. The van der Waals surface area contributed by atoms with Crippen molar-refractivity contribution in [2.75, 3.05) is 13.7 Å². The molecule has 4 aromatic heterocycles. The number of rotatable bonds is 7. The maximum atomic E-state index is 12.8. The molecule has 0 saturated heterocycles. The van der Waals surface area contributed by atoms with Crippen LogP contribution in [0.1, 0.15) is 22.8 Å². The molecule has 0 spiro atoms. The van der Waals surface area contributed by atoms with Crippen molar-refractivity contribution in [1.29, 1.82) is 0 Å². The highest BCUT2D eigenvalue weighted by atomic mass is 35.5. The zero-order chi connectivity index (χ0) is 23.7. The topological polar surface area (TPSA) is 111 Å². The largest absolute Gasteiger partial charge is 0.383 e. The summed E-state index contributed by atoms with van der Waals surface area (Å²) in [5, 5.41) is 9.24. The van der Waals surface area contributed by atoms with Crippen molar-refractivity contribution in [3.8, 4) is 11.4 Å². The van der Waals surface area contributed by atoms with E-state index in [2.05, 4.69) is 20.3 Å². The van der Waals surface area contributed by atoms with Gasteiger partial charge in [0.2, 0.25) is 0 Å². The molecule has 1 aromatic carbocycles. The first-order valence-corrected chi connectivity index (χ1v) is 11.1. The van der Waals surface area contributed by atoms with E-state index >= 15 is 0 Å². The third kappa shape index (κ3) is 4.23. The van der Waals surface area contributed by atoms with Gasteiger partial charge in [-0.2, -0.15) is 5.10 Å². The van der Waals surface area contributed by atoms with Gasteiger partial charge in [0, 0.05) is 42.2 Å². The number of hydrogen-bond acceptors (Lipinski definition) is 6. The lowest BCUT2D eigenvalue weighted by atomic mass is 10.1. The van der Waals surface area contributed by atoms with Crippen LogP contribution in [0, 0.1) is 0 Å². The number of nitrogens with zero attached hydrogens (tertiary/aromatic N) is 5. The summed E-state index contributed by atoms with van der Waals surface area (Å²) in [5.41, 5.74) is 4.51. The van der Waals surface area contributed by atoms with E-state index in [1.165, 1.54) is 0 Å². The third-order valence-electron chi connectivity index (χ3n) is 5.43. The summed E-state index contributed by atoms with van der Waals surface area (Å²) in [5.74, 6) is -0.249. The maximum absolute atomic E-state index is 12.8. The molecule has 2 N–H and O–H groups in total. The van der Waals surface area contributed by atoms with Gasteiger partial charge in [-0.05, 0) is 36.8 Å². The van der Waals surface area contributed by atoms with E-state index in [0.717, 1.165) is 16.5 Å². The van der Waals surface area contributed by atoms with Crippen LogP contribution in [-0.4, -0.2) is 55.4 Å². The standard InChI is InChI=1S/C24H22ClN7O2/c1-14(13-34-2)29-24(33)18-10-27-23-22(18)30-19(11-28-23)21-17-6-5-16(25)8-20(17)32(31-21)12-15-4-3-7-26-9-15/h3-11,14H,12-13H2,1-2H3,(H,27,28)(H,29,33)/t14-/m0/s1. The lowest BCUT2D eigenvalue weighted by molar-refractivity contribution is 0.0907. The predicted octanol–water partition coefficient (Wildman–Crippen LogP) is 3.84. The van der Waals surface area contributed by atoms with Crippen LogP contribution < -0.4 is 5.32 Å². The predicted molar refractivity (Wildman–Crippen MR) is 130 cm³/mol. The summed E-state index contributed by atoms with van der Waals surface area (Å²) in [6.45, 7) is 2.81. The highest BCUT2D eigenvalue weighted by Gasteiger charge is 2.20. The second kappa shape index (κ2) is 9.20. The van der Waals surface area contributed by atoms with Gasteiger partial charge in [-0.1, -0.05) is 17.7 Å². The van der Waals surface area contributed by atoms with Crippen molar-refractivity contribution in [3.63, 3.8) is 0 Å². The van der Waals surface area contributed by atoms with Crippen molar-refractivity contribution in [2.45, 2.75) is 19.5 Å². The number of halogens is 1. The highest BCUT2D eigenvalue weighted by Crippen LogP contribution is 2.30. The number of benzene rings is 1. The van der Waals surface area contributed by atoms with Crippen molar-refractivity contribution in [1.82, 2.24) is 35.0 Å². The van der Waals surface area contributed by atoms with Crippen LogP contribution in [0.5, 0.6) is 0 Å². The van der Waals surface area contributed by atoms with Crippen LogP contribution in [0.4, 0.5) is 0 Å². The van der Waals surface area contributed by atoms with Crippen LogP contribution in [0.15, 0.2) is 55.1 Å². The van der Waals surface area contributed by atoms with E-state index in [9.17, 15) is 4.79 Å². The molecule has 0 aliphatic rings. The fraction of sp³-hybridized carbons (Fsp3) is 0.208. The van der Waals surface area contributed by atoms with Crippen molar-refractivity contribution in [2.24, 2.45) is 0 Å². The summed E-state index contributed by atoms with van der Waals surface area (Å²) in [7, 11) is 1.59. The molecule has 1 amide bonds. The molecule has 172 valence electrons. The van der Waals surface area contributed by atoms with Crippen LogP contribution in [0.3, 0.4) is 0 Å². The Kier molecular flexibility index (Phi) is 5.95. The number of hydrogen-bond donors (Lipinski definition) is 2. The Morgan fingerprint density at radius 1 is 1.29 bits per heavy atom. The first kappa shape index (κ1) is 22.0. The van der Waals surface area contributed by atoms with E-state index in [1.54, 1.807) is 31.9 Å². The average Bonchev–Trinajstić information content (AvgIpc) is 3.41. The van der Waals surface area contributed by atoms with Crippen molar-refractivity contribution in [3.05, 3.63) is 71.3 Å².